The summed E-state index contributed by atoms with van der Waals surface area (Å²) in [5.41, 5.74) is 0.299. The van der Waals surface area contributed by atoms with E-state index in [1.807, 2.05) is 0 Å². The Balaban J connectivity index is 1.77. The fraction of sp³-hybridized carbons (Fsp3) is 0.188. The van der Waals surface area contributed by atoms with Crippen LogP contribution in [0, 0.1) is 0 Å². The van der Waals surface area contributed by atoms with Crippen molar-refractivity contribution in [3.63, 3.8) is 0 Å². The first-order valence-electron chi connectivity index (χ1n) is 6.99. The number of nitrogens with one attached hydrogen (secondary N) is 1. The van der Waals surface area contributed by atoms with Crippen molar-refractivity contribution in [1.29, 1.82) is 0 Å². The normalized spacial score (nSPS) is 10.0. The van der Waals surface area contributed by atoms with Crippen LogP contribution in [0.25, 0.3) is 0 Å². The number of thiophene rings is 1. The third-order valence-corrected chi connectivity index (χ3v) is 3.96. The van der Waals surface area contributed by atoms with Gasteiger partial charge >= 0.3 is 11.9 Å². The summed E-state index contributed by atoms with van der Waals surface area (Å²) >= 11 is 6.92. The highest BCUT2D eigenvalue weighted by Gasteiger charge is 2.16. The number of esters is 2. The zero-order valence-corrected chi connectivity index (χ0v) is 14.7. The first-order chi connectivity index (χ1) is 12.0. The van der Waals surface area contributed by atoms with E-state index in [1.54, 1.807) is 35.7 Å². The summed E-state index contributed by atoms with van der Waals surface area (Å²) in [6.07, 6.45) is 0. The van der Waals surface area contributed by atoms with E-state index in [9.17, 15) is 14.4 Å². The number of hydrogen-bond acceptors (Lipinski definition) is 7. The number of carbonyl (C=O) groups excluding carboxylic acids is 3. The number of anilines is 1. The van der Waals surface area contributed by atoms with E-state index in [-0.39, 0.29) is 11.5 Å². The van der Waals surface area contributed by atoms with Gasteiger partial charge in [0.05, 0.1) is 12.8 Å². The van der Waals surface area contributed by atoms with Gasteiger partial charge in [0.15, 0.2) is 13.2 Å². The molecule has 2 rings (SSSR count). The molecule has 0 bridgehead atoms. The fourth-order valence-corrected chi connectivity index (χ4v) is 2.68. The number of methoxy groups -OCH3 is 1. The number of halogens is 1. The fourth-order valence-electron chi connectivity index (χ4n) is 1.73. The maximum atomic E-state index is 11.8. The van der Waals surface area contributed by atoms with E-state index in [0.717, 1.165) is 11.3 Å². The van der Waals surface area contributed by atoms with Gasteiger partial charge in [-0.3, -0.25) is 4.79 Å². The van der Waals surface area contributed by atoms with Gasteiger partial charge in [-0.1, -0.05) is 17.7 Å². The first-order valence-corrected chi connectivity index (χ1v) is 8.25. The SMILES string of the molecule is COC(=O)c1sccc1NC(=O)COC(=O)COc1cccc(Cl)c1. The molecule has 0 atom stereocenters. The molecule has 0 spiro atoms. The third kappa shape index (κ3) is 5.77. The molecule has 0 aliphatic heterocycles. The van der Waals surface area contributed by atoms with Crippen LogP contribution in [0.3, 0.4) is 0 Å². The van der Waals surface area contributed by atoms with Crippen molar-refractivity contribution in [3.8, 4) is 5.75 Å². The largest absolute Gasteiger partial charge is 0.482 e. The van der Waals surface area contributed by atoms with Gasteiger partial charge in [-0.05, 0) is 29.6 Å². The summed E-state index contributed by atoms with van der Waals surface area (Å²) in [7, 11) is 1.25. The quantitative estimate of drug-likeness (QED) is 0.739. The second-order valence-electron chi connectivity index (χ2n) is 4.61. The van der Waals surface area contributed by atoms with Crippen molar-refractivity contribution in [2.24, 2.45) is 0 Å². The van der Waals surface area contributed by atoms with Crippen LogP contribution in [0.5, 0.6) is 5.75 Å². The minimum atomic E-state index is -0.714. The highest BCUT2D eigenvalue weighted by molar-refractivity contribution is 7.12. The Hall–Kier alpha value is -2.58. The number of rotatable bonds is 7. The molecule has 0 radical (unpaired) electrons. The lowest BCUT2D eigenvalue weighted by Gasteiger charge is -2.08. The molecule has 1 aromatic carbocycles. The summed E-state index contributed by atoms with van der Waals surface area (Å²) in [5.74, 6) is -1.44. The van der Waals surface area contributed by atoms with Crippen LogP contribution in [0.15, 0.2) is 35.7 Å². The zero-order valence-electron chi connectivity index (χ0n) is 13.1. The molecule has 0 unspecified atom stereocenters. The minimum Gasteiger partial charge on any atom is -0.482 e. The van der Waals surface area contributed by atoms with Gasteiger partial charge in [0.25, 0.3) is 5.91 Å². The van der Waals surface area contributed by atoms with Crippen molar-refractivity contribution in [2.45, 2.75) is 0 Å². The molecule has 0 aliphatic carbocycles. The Morgan fingerprint density at radius 3 is 2.72 bits per heavy atom. The summed E-state index contributed by atoms with van der Waals surface area (Å²) in [6.45, 7) is -0.867. The first kappa shape index (κ1) is 18.8. The molecule has 7 nitrogen and oxygen atoms in total. The van der Waals surface area contributed by atoms with E-state index in [2.05, 4.69) is 10.1 Å². The molecule has 0 aliphatic rings. The predicted octanol–water partition coefficient (Wildman–Crippen LogP) is 2.75. The molecule has 25 heavy (non-hydrogen) atoms. The van der Waals surface area contributed by atoms with Gasteiger partial charge in [-0.2, -0.15) is 0 Å². The van der Waals surface area contributed by atoms with Crippen molar-refractivity contribution in [3.05, 3.63) is 45.6 Å². The molecular weight excluding hydrogens is 370 g/mol. The number of amides is 1. The number of benzene rings is 1. The molecule has 0 saturated carbocycles. The molecule has 9 heteroatoms. The van der Waals surface area contributed by atoms with Gasteiger partial charge in [-0.15, -0.1) is 11.3 Å². The summed E-state index contributed by atoms with van der Waals surface area (Å²) in [6, 6.07) is 8.09. The highest BCUT2D eigenvalue weighted by Crippen LogP contribution is 2.23. The Kier molecular flexibility index (Phi) is 6.79. The maximum Gasteiger partial charge on any atom is 0.350 e. The molecule has 1 heterocycles. The van der Waals surface area contributed by atoms with E-state index < -0.39 is 24.5 Å². The second-order valence-corrected chi connectivity index (χ2v) is 5.96. The maximum absolute atomic E-state index is 11.8. The molecule has 2 aromatic rings. The van der Waals surface area contributed by atoms with Crippen molar-refractivity contribution in [1.82, 2.24) is 0 Å². The third-order valence-electron chi connectivity index (χ3n) is 2.83. The molecular formula is C16H14ClNO6S. The van der Waals surface area contributed by atoms with Crippen LogP contribution in [0.1, 0.15) is 9.67 Å². The molecule has 0 saturated heterocycles. The monoisotopic (exact) mass is 383 g/mol. The lowest BCUT2D eigenvalue weighted by Crippen LogP contribution is -2.24. The molecule has 1 amide bonds. The smallest absolute Gasteiger partial charge is 0.350 e. The van der Waals surface area contributed by atoms with Gasteiger partial charge in [0, 0.05) is 5.02 Å². The second kappa shape index (κ2) is 9.05. The van der Waals surface area contributed by atoms with Crippen LogP contribution < -0.4 is 10.1 Å². The lowest BCUT2D eigenvalue weighted by atomic mass is 10.3. The van der Waals surface area contributed by atoms with Crippen LogP contribution in [-0.2, 0) is 19.1 Å². The Morgan fingerprint density at radius 1 is 1.20 bits per heavy atom. The standard InChI is InChI=1S/C16H14ClNO6S/c1-22-16(21)15-12(5-6-25-15)18-13(19)8-24-14(20)9-23-11-4-2-3-10(17)7-11/h2-7H,8-9H2,1H3,(H,18,19). The highest BCUT2D eigenvalue weighted by atomic mass is 35.5. The van der Waals surface area contributed by atoms with Crippen LogP contribution in [0.4, 0.5) is 5.69 Å². The Bertz CT molecular complexity index is 775. The summed E-state index contributed by atoms with van der Waals surface area (Å²) in [4.78, 5) is 35.2. The molecule has 1 N–H and O–H groups in total. The minimum absolute atomic E-state index is 0.256. The van der Waals surface area contributed by atoms with Crippen LogP contribution in [-0.4, -0.2) is 38.2 Å². The zero-order chi connectivity index (χ0) is 18.2. The molecule has 1 aromatic heterocycles. The average Bonchev–Trinajstić information content (AvgIpc) is 3.05. The summed E-state index contributed by atoms with van der Waals surface area (Å²) < 4.78 is 14.6. The van der Waals surface area contributed by atoms with Crippen LogP contribution >= 0.6 is 22.9 Å². The van der Waals surface area contributed by atoms with Gasteiger partial charge < -0.3 is 19.5 Å². The van der Waals surface area contributed by atoms with E-state index >= 15 is 0 Å². The van der Waals surface area contributed by atoms with Crippen molar-refractivity contribution < 1.29 is 28.6 Å². The van der Waals surface area contributed by atoms with Crippen molar-refractivity contribution >= 4 is 46.5 Å². The van der Waals surface area contributed by atoms with E-state index in [0.29, 0.717) is 16.5 Å². The number of hydrogen-bond donors (Lipinski definition) is 1. The molecule has 132 valence electrons. The Morgan fingerprint density at radius 2 is 2.00 bits per heavy atom. The van der Waals surface area contributed by atoms with Gasteiger partial charge in [0.2, 0.25) is 0 Å². The molecule has 0 fully saturated rings. The van der Waals surface area contributed by atoms with Crippen LogP contribution in [0.2, 0.25) is 5.02 Å². The number of carbonyl (C=O) groups is 3. The van der Waals surface area contributed by atoms with Gasteiger partial charge in [0.1, 0.15) is 10.6 Å². The van der Waals surface area contributed by atoms with Crippen molar-refractivity contribution in [2.75, 3.05) is 25.6 Å². The van der Waals surface area contributed by atoms with E-state index in [4.69, 9.17) is 21.1 Å². The van der Waals surface area contributed by atoms with Gasteiger partial charge in [-0.25, -0.2) is 9.59 Å². The number of ether oxygens (including phenoxy) is 3. The topological polar surface area (TPSA) is 90.9 Å². The van der Waals surface area contributed by atoms with E-state index in [1.165, 1.54) is 7.11 Å². The lowest BCUT2D eigenvalue weighted by molar-refractivity contribution is -0.149. The average molecular weight is 384 g/mol. The summed E-state index contributed by atoms with van der Waals surface area (Å²) in [5, 5.41) is 4.58. The Labute approximate surface area is 152 Å². The predicted molar refractivity (Wildman–Crippen MR) is 92.2 cm³/mol.